The van der Waals surface area contributed by atoms with Gasteiger partial charge in [-0.2, -0.15) is 0 Å². The second-order valence-corrected chi connectivity index (χ2v) is 3.89. The first-order valence-corrected chi connectivity index (χ1v) is 5.31. The number of nitrogens with two attached hydrogens (primary N) is 1. The number of amides is 1. The van der Waals surface area contributed by atoms with E-state index < -0.39 is 11.9 Å². The molecule has 1 unspecified atom stereocenters. The summed E-state index contributed by atoms with van der Waals surface area (Å²) in [5, 5.41) is 11.6. The molecule has 1 rings (SSSR count). The van der Waals surface area contributed by atoms with Crippen molar-refractivity contribution >= 4 is 11.9 Å². The maximum Gasteiger partial charge on any atom is 0.307 e. The molecule has 4 N–H and O–H groups in total. The Morgan fingerprint density at radius 1 is 1.29 bits per heavy atom. The fraction of sp³-hybridized carbons (Fsp3) is 0.333. The predicted molar refractivity (Wildman–Crippen MR) is 63.3 cm³/mol. The molecule has 92 valence electrons. The third-order valence-corrected chi connectivity index (χ3v) is 2.42. The van der Waals surface area contributed by atoms with E-state index in [0.29, 0.717) is 6.54 Å². The summed E-state index contributed by atoms with van der Waals surface area (Å²) in [5.41, 5.74) is 6.85. The lowest BCUT2D eigenvalue weighted by atomic mass is 10.1. The van der Waals surface area contributed by atoms with Crippen LogP contribution in [0, 0.1) is 0 Å². The van der Waals surface area contributed by atoms with Gasteiger partial charge in [-0.3, -0.25) is 9.59 Å². The Balaban J connectivity index is 2.51. The lowest BCUT2D eigenvalue weighted by Crippen LogP contribution is -2.38. The molecule has 0 radical (unpaired) electrons. The standard InChI is InChI=1S/C12H16N2O3/c1-8(12(13)17)14-7-10-4-2-9(3-5-10)6-11(15)16/h2-5,8,14H,6-7H2,1H3,(H2,13,17)(H,15,16). The van der Waals surface area contributed by atoms with Gasteiger partial charge in [0.2, 0.25) is 5.91 Å². The van der Waals surface area contributed by atoms with Crippen molar-refractivity contribution in [1.82, 2.24) is 5.32 Å². The minimum Gasteiger partial charge on any atom is -0.481 e. The van der Waals surface area contributed by atoms with Crippen molar-refractivity contribution in [2.75, 3.05) is 0 Å². The Kier molecular flexibility index (Phi) is 4.66. The quantitative estimate of drug-likeness (QED) is 0.661. The molecular weight excluding hydrogens is 220 g/mol. The van der Waals surface area contributed by atoms with E-state index in [2.05, 4.69) is 5.32 Å². The summed E-state index contributed by atoms with van der Waals surface area (Å²) >= 11 is 0. The molecule has 5 nitrogen and oxygen atoms in total. The molecule has 0 bridgehead atoms. The number of hydrogen-bond acceptors (Lipinski definition) is 3. The highest BCUT2D eigenvalue weighted by Crippen LogP contribution is 2.05. The Morgan fingerprint density at radius 2 is 1.82 bits per heavy atom. The van der Waals surface area contributed by atoms with Crippen molar-refractivity contribution in [3.63, 3.8) is 0 Å². The average molecular weight is 236 g/mol. The topological polar surface area (TPSA) is 92.4 Å². The molecule has 0 saturated carbocycles. The molecule has 0 saturated heterocycles. The van der Waals surface area contributed by atoms with Gasteiger partial charge in [-0.1, -0.05) is 24.3 Å². The van der Waals surface area contributed by atoms with Crippen LogP contribution in [-0.4, -0.2) is 23.0 Å². The highest BCUT2D eigenvalue weighted by Gasteiger charge is 2.07. The molecule has 0 aromatic heterocycles. The summed E-state index contributed by atoms with van der Waals surface area (Å²) in [4.78, 5) is 21.3. The van der Waals surface area contributed by atoms with Crippen LogP contribution >= 0.6 is 0 Å². The third kappa shape index (κ3) is 4.65. The van der Waals surface area contributed by atoms with Gasteiger partial charge in [0.15, 0.2) is 0 Å². The van der Waals surface area contributed by atoms with E-state index in [-0.39, 0.29) is 12.5 Å². The number of benzene rings is 1. The highest BCUT2D eigenvalue weighted by molar-refractivity contribution is 5.79. The van der Waals surface area contributed by atoms with Crippen LogP contribution in [-0.2, 0) is 22.6 Å². The molecular formula is C12H16N2O3. The minimum atomic E-state index is -0.849. The van der Waals surface area contributed by atoms with Crippen LogP contribution in [0.2, 0.25) is 0 Å². The number of carboxylic acids is 1. The van der Waals surface area contributed by atoms with Gasteiger partial charge in [0.05, 0.1) is 12.5 Å². The second-order valence-electron chi connectivity index (χ2n) is 3.89. The molecule has 0 spiro atoms. The highest BCUT2D eigenvalue weighted by atomic mass is 16.4. The van der Waals surface area contributed by atoms with Crippen LogP contribution in [0.5, 0.6) is 0 Å². The van der Waals surface area contributed by atoms with Crippen LogP contribution in [0.4, 0.5) is 0 Å². The van der Waals surface area contributed by atoms with Gasteiger partial charge < -0.3 is 16.2 Å². The Morgan fingerprint density at radius 3 is 2.29 bits per heavy atom. The summed E-state index contributed by atoms with van der Waals surface area (Å²) in [6.07, 6.45) is 0.0192. The third-order valence-electron chi connectivity index (χ3n) is 2.42. The SMILES string of the molecule is CC(NCc1ccc(CC(=O)O)cc1)C(N)=O. The summed E-state index contributed by atoms with van der Waals surface area (Å²) in [7, 11) is 0. The number of rotatable bonds is 6. The molecule has 0 fully saturated rings. The van der Waals surface area contributed by atoms with E-state index >= 15 is 0 Å². The molecule has 0 heterocycles. The summed E-state index contributed by atoms with van der Waals surface area (Å²) in [6, 6.07) is 6.81. The zero-order valence-corrected chi connectivity index (χ0v) is 9.64. The molecule has 1 amide bonds. The average Bonchev–Trinajstić information content (AvgIpc) is 2.26. The van der Waals surface area contributed by atoms with Gasteiger partial charge in [-0.25, -0.2) is 0 Å². The molecule has 1 aromatic rings. The molecule has 0 aliphatic rings. The number of nitrogens with one attached hydrogen (secondary N) is 1. The Hall–Kier alpha value is -1.88. The van der Waals surface area contributed by atoms with Gasteiger partial charge in [0, 0.05) is 6.54 Å². The lowest BCUT2D eigenvalue weighted by Gasteiger charge is -2.10. The van der Waals surface area contributed by atoms with Crippen molar-refractivity contribution < 1.29 is 14.7 Å². The van der Waals surface area contributed by atoms with E-state index in [1.54, 1.807) is 19.1 Å². The maximum absolute atomic E-state index is 10.8. The van der Waals surface area contributed by atoms with E-state index in [0.717, 1.165) is 11.1 Å². The predicted octanol–water partition coefficient (Wildman–Crippen LogP) is 0.277. The van der Waals surface area contributed by atoms with Gasteiger partial charge in [-0.05, 0) is 18.1 Å². The minimum absolute atomic E-state index is 0.0192. The Labute approximate surface area is 99.6 Å². The van der Waals surface area contributed by atoms with Crippen molar-refractivity contribution in [3.05, 3.63) is 35.4 Å². The van der Waals surface area contributed by atoms with E-state index in [1.807, 2.05) is 12.1 Å². The summed E-state index contributed by atoms with van der Waals surface area (Å²) in [5.74, 6) is -1.24. The zero-order chi connectivity index (χ0) is 12.8. The van der Waals surface area contributed by atoms with E-state index in [1.165, 1.54) is 0 Å². The van der Waals surface area contributed by atoms with Crippen molar-refractivity contribution in [2.24, 2.45) is 5.73 Å². The molecule has 0 aliphatic heterocycles. The second kappa shape index (κ2) is 6.00. The number of hydrogen-bond donors (Lipinski definition) is 3. The monoisotopic (exact) mass is 236 g/mol. The van der Waals surface area contributed by atoms with E-state index in [4.69, 9.17) is 10.8 Å². The van der Waals surface area contributed by atoms with Crippen molar-refractivity contribution in [3.8, 4) is 0 Å². The molecule has 1 aromatic carbocycles. The number of primary amides is 1. The number of aliphatic carboxylic acids is 1. The lowest BCUT2D eigenvalue weighted by molar-refractivity contribution is -0.136. The van der Waals surface area contributed by atoms with Crippen molar-refractivity contribution in [2.45, 2.75) is 25.9 Å². The smallest absolute Gasteiger partial charge is 0.307 e. The fourth-order valence-electron chi connectivity index (χ4n) is 1.32. The maximum atomic E-state index is 10.8. The normalized spacial score (nSPS) is 12.1. The summed E-state index contributed by atoms with van der Waals surface area (Å²) in [6.45, 7) is 2.22. The van der Waals surface area contributed by atoms with Gasteiger partial charge in [-0.15, -0.1) is 0 Å². The first-order valence-electron chi connectivity index (χ1n) is 5.31. The molecule has 5 heteroatoms. The van der Waals surface area contributed by atoms with Crippen molar-refractivity contribution in [1.29, 1.82) is 0 Å². The van der Waals surface area contributed by atoms with Crippen LogP contribution < -0.4 is 11.1 Å². The van der Waals surface area contributed by atoms with Crippen LogP contribution in [0.15, 0.2) is 24.3 Å². The fourth-order valence-corrected chi connectivity index (χ4v) is 1.32. The Bertz CT molecular complexity index is 401. The molecule has 0 aliphatic carbocycles. The van der Waals surface area contributed by atoms with Gasteiger partial charge >= 0.3 is 5.97 Å². The molecule has 1 atom stereocenters. The largest absolute Gasteiger partial charge is 0.481 e. The van der Waals surface area contributed by atoms with E-state index in [9.17, 15) is 9.59 Å². The zero-order valence-electron chi connectivity index (χ0n) is 9.64. The first-order chi connectivity index (χ1) is 7.99. The van der Waals surface area contributed by atoms with Crippen LogP contribution in [0.1, 0.15) is 18.1 Å². The number of carbonyl (C=O) groups is 2. The molecule has 17 heavy (non-hydrogen) atoms. The summed E-state index contributed by atoms with van der Waals surface area (Å²) < 4.78 is 0. The van der Waals surface area contributed by atoms with Gasteiger partial charge in [0.1, 0.15) is 0 Å². The number of carboxylic acid groups (broad SMARTS) is 1. The van der Waals surface area contributed by atoms with Crippen LogP contribution in [0.3, 0.4) is 0 Å². The van der Waals surface area contributed by atoms with Gasteiger partial charge in [0.25, 0.3) is 0 Å². The number of carbonyl (C=O) groups excluding carboxylic acids is 1. The first kappa shape index (κ1) is 13.2. The van der Waals surface area contributed by atoms with Crippen LogP contribution in [0.25, 0.3) is 0 Å².